The quantitative estimate of drug-likeness (QED) is 0.610. The van der Waals surface area contributed by atoms with Gasteiger partial charge in [-0.3, -0.25) is 4.79 Å². The molecule has 0 bridgehead atoms. The van der Waals surface area contributed by atoms with E-state index in [1.165, 1.54) is 20.3 Å². The van der Waals surface area contributed by atoms with Gasteiger partial charge >= 0.3 is 0 Å². The second-order valence-electron chi connectivity index (χ2n) is 4.96. The van der Waals surface area contributed by atoms with Gasteiger partial charge in [0.1, 0.15) is 23.3 Å². The Kier molecular flexibility index (Phi) is 6.11. The number of hydrogen-bond donors (Lipinski definition) is 2. The minimum absolute atomic E-state index is 0.0712. The number of methoxy groups -OCH3 is 2. The van der Waals surface area contributed by atoms with Crippen molar-refractivity contribution in [1.29, 1.82) is 5.26 Å². The molecule has 0 aromatic heterocycles. The maximum absolute atomic E-state index is 13.6. The van der Waals surface area contributed by atoms with Gasteiger partial charge in [0.15, 0.2) is 11.5 Å². The Hall–Kier alpha value is -3.60. The summed E-state index contributed by atoms with van der Waals surface area (Å²) in [4.78, 5) is 12.2. The molecule has 134 valence electrons. The fraction of sp³-hybridized carbons (Fsp3) is 0.111. The van der Waals surface area contributed by atoms with Crippen molar-refractivity contribution in [2.24, 2.45) is 0 Å². The number of carbonyl (C=O) groups is 1. The molecule has 1 amide bonds. The molecule has 2 aromatic carbocycles. The highest BCUT2D eigenvalue weighted by atomic mass is 19.1. The van der Waals surface area contributed by atoms with E-state index in [0.29, 0.717) is 23.3 Å². The Morgan fingerprint density at radius 1 is 1.12 bits per heavy atom. The smallest absolute Gasteiger partial charge is 0.267 e. The van der Waals surface area contributed by atoms with Crippen molar-refractivity contribution in [2.75, 3.05) is 24.9 Å². The van der Waals surface area contributed by atoms with Crippen LogP contribution in [-0.4, -0.2) is 20.1 Å². The van der Waals surface area contributed by atoms with Crippen LogP contribution in [0.3, 0.4) is 0 Å². The third-order valence-electron chi connectivity index (χ3n) is 3.31. The molecule has 6 nitrogen and oxygen atoms in total. The van der Waals surface area contributed by atoms with Crippen LogP contribution >= 0.6 is 0 Å². The van der Waals surface area contributed by atoms with Crippen molar-refractivity contribution in [3.8, 4) is 17.6 Å². The van der Waals surface area contributed by atoms with Crippen molar-refractivity contribution < 1.29 is 23.0 Å². The summed E-state index contributed by atoms with van der Waals surface area (Å²) in [6.07, 6.45) is 1.03. The van der Waals surface area contributed by atoms with Gasteiger partial charge in [0, 0.05) is 24.0 Å². The van der Waals surface area contributed by atoms with E-state index in [0.717, 1.165) is 18.3 Å². The van der Waals surface area contributed by atoms with Crippen LogP contribution in [0, 0.1) is 23.0 Å². The lowest BCUT2D eigenvalue weighted by atomic mass is 10.2. The van der Waals surface area contributed by atoms with Gasteiger partial charge in [-0.25, -0.2) is 8.78 Å². The van der Waals surface area contributed by atoms with E-state index >= 15 is 0 Å². The van der Waals surface area contributed by atoms with E-state index in [4.69, 9.17) is 14.7 Å². The summed E-state index contributed by atoms with van der Waals surface area (Å²) < 4.78 is 36.7. The molecular weight excluding hydrogens is 344 g/mol. The number of ether oxygens (including phenoxy) is 2. The average molecular weight is 359 g/mol. The average Bonchev–Trinajstić information content (AvgIpc) is 2.63. The number of benzene rings is 2. The molecule has 0 aliphatic carbocycles. The largest absolute Gasteiger partial charge is 0.493 e. The number of nitrogens with one attached hydrogen (secondary N) is 2. The number of anilines is 2. The van der Waals surface area contributed by atoms with Crippen molar-refractivity contribution in [1.82, 2.24) is 0 Å². The Morgan fingerprint density at radius 3 is 2.46 bits per heavy atom. The molecule has 0 saturated heterocycles. The van der Waals surface area contributed by atoms with E-state index < -0.39 is 17.5 Å². The van der Waals surface area contributed by atoms with Crippen molar-refractivity contribution in [2.45, 2.75) is 0 Å². The lowest BCUT2D eigenvalue weighted by Crippen LogP contribution is -2.14. The van der Waals surface area contributed by atoms with Crippen LogP contribution in [-0.2, 0) is 4.79 Å². The molecule has 0 heterocycles. The highest BCUT2D eigenvalue weighted by Crippen LogP contribution is 2.29. The van der Waals surface area contributed by atoms with E-state index in [2.05, 4.69) is 10.6 Å². The number of hydrogen-bond acceptors (Lipinski definition) is 5. The summed E-state index contributed by atoms with van der Waals surface area (Å²) in [5.41, 5.74) is 0.00309. The van der Waals surface area contributed by atoms with Crippen LogP contribution in [0.5, 0.6) is 11.5 Å². The first-order valence-corrected chi connectivity index (χ1v) is 7.33. The molecular formula is C18H15F2N3O3. The minimum atomic E-state index is -0.848. The molecule has 8 heteroatoms. The Labute approximate surface area is 148 Å². The lowest BCUT2D eigenvalue weighted by molar-refractivity contribution is -0.112. The van der Waals surface area contributed by atoms with E-state index in [-0.39, 0.29) is 11.3 Å². The molecule has 0 unspecified atom stereocenters. The molecule has 26 heavy (non-hydrogen) atoms. The van der Waals surface area contributed by atoms with Crippen molar-refractivity contribution in [3.63, 3.8) is 0 Å². The second kappa shape index (κ2) is 8.48. The van der Waals surface area contributed by atoms with Crippen LogP contribution in [0.2, 0.25) is 0 Å². The number of carbonyl (C=O) groups excluding carboxylic acids is 1. The predicted molar refractivity (Wildman–Crippen MR) is 91.9 cm³/mol. The maximum atomic E-state index is 13.6. The maximum Gasteiger partial charge on any atom is 0.267 e. The van der Waals surface area contributed by atoms with Crippen LogP contribution < -0.4 is 20.1 Å². The standard InChI is InChI=1S/C18H15F2N3O3/c1-25-16-6-4-13(8-17(16)26-2)23-18(24)11(9-21)10-22-15-5-3-12(19)7-14(15)20/h3-8,10,22H,1-2H3,(H,23,24)/b11-10-. The second-order valence-corrected chi connectivity index (χ2v) is 4.96. The molecule has 0 aliphatic rings. The number of halogens is 2. The zero-order valence-corrected chi connectivity index (χ0v) is 14.0. The Balaban J connectivity index is 2.14. The monoisotopic (exact) mass is 359 g/mol. The zero-order chi connectivity index (χ0) is 19.1. The molecule has 0 aliphatic heterocycles. The molecule has 0 saturated carbocycles. The third kappa shape index (κ3) is 4.48. The summed E-state index contributed by atoms with van der Waals surface area (Å²) in [5, 5.41) is 14.1. The first-order valence-electron chi connectivity index (χ1n) is 7.33. The fourth-order valence-corrected chi connectivity index (χ4v) is 2.02. The molecule has 0 radical (unpaired) electrons. The van der Waals surface area contributed by atoms with Crippen molar-refractivity contribution >= 4 is 17.3 Å². The molecule has 2 aromatic rings. The predicted octanol–water partition coefficient (Wildman–Crippen LogP) is 3.44. The summed E-state index contributed by atoms with van der Waals surface area (Å²) in [5.74, 6) is -1.41. The summed E-state index contributed by atoms with van der Waals surface area (Å²) >= 11 is 0. The number of nitriles is 1. The van der Waals surface area contributed by atoms with Crippen LogP contribution in [0.25, 0.3) is 0 Å². The summed E-state index contributed by atoms with van der Waals surface area (Å²) in [6.45, 7) is 0. The van der Waals surface area contributed by atoms with Gasteiger partial charge in [0.2, 0.25) is 0 Å². The summed E-state index contributed by atoms with van der Waals surface area (Å²) in [7, 11) is 2.93. The van der Waals surface area contributed by atoms with Gasteiger partial charge in [-0.2, -0.15) is 5.26 Å². The molecule has 0 spiro atoms. The van der Waals surface area contributed by atoms with Gasteiger partial charge in [-0.15, -0.1) is 0 Å². The molecule has 2 N–H and O–H groups in total. The Bertz CT molecular complexity index is 892. The molecule has 0 fully saturated rings. The summed E-state index contributed by atoms with van der Waals surface area (Å²) in [6, 6.07) is 9.29. The first kappa shape index (κ1) is 18.7. The number of rotatable bonds is 6. The van der Waals surface area contributed by atoms with Crippen LogP contribution in [0.15, 0.2) is 48.2 Å². The van der Waals surface area contributed by atoms with Crippen molar-refractivity contribution in [3.05, 3.63) is 59.8 Å². The number of amides is 1. The van der Waals surface area contributed by atoms with Gasteiger partial charge in [-0.1, -0.05) is 0 Å². The van der Waals surface area contributed by atoms with Gasteiger partial charge < -0.3 is 20.1 Å². The van der Waals surface area contributed by atoms with Crippen LogP contribution in [0.4, 0.5) is 20.2 Å². The lowest BCUT2D eigenvalue weighted by Gasteiger charge is -2.10. The van der Waals surface area contributed by atoms with E-state index in [1.54, 1.807) is 18.2 Å². The molecule has 2 rings (SSSR count). The third-order valence-corrected chi connectivity index (χ3v) is 3.31. The first-order chi connectivity index (χ1) is 12.5. The highest BCUT2D eigenvalue weighted by Gasteiger charge is 2.12. The fourth-order valence-electron chi connectivity index (χ4n) is 2.02. The normalized spacial score (nSPS) is 10.7. The Morgan fingerprint density at radius 2 is 1.85 bits per heavy atom. The zero-order valence-electron chi connectivity index (χ0n) is 14.0. The van der Waals surface area contributed by atoms with Gasteiger partial charge in [0.25, 0.3) is 5.91 Å². The van der Waals surface area contributed by atoms with Gasteiger partial charge in [-0.05, 0) is 24.3 Å². The highest BCUT2D eigenvalue weighted by molar-refractivity contribution is 6.06. The minimum Gasteiger partial charge on any atom is -0.493 e. The van der Waals surface area contributed by atoms with E-state index in [1.807, 2.05) is 0 Å². The SMILES string of the molecule is COc1ccc(NC(=O)/C(C#N)=C\Nc2ccc(F)cc2F)cc1OC. The van der Waals surface area contributed by atoms with Crippen LogP contribution in [0.1, 0.15) is 0 Å². The molecule has 0 atom stereocenters. The van der Waals surface area contributed by atoms with Gasteiger partial charge in [0.05, 0.1) is 19.9 Å². The topological polar surface area (TPSA) is 83.4 Å². The van der Waals surface area contributed by atoms with E-state index in [9.17, 15) is 13.6 Å². The number of nitrogens with zero attached hydrogens (tertiary/aromatic N) is 1.